The Morgan fingerprint density at radius 3 is 2.57 bits per heavy atom. The molecule has 0 atom stereocenters. The SMILES string of the molecule is CCCc1cc(-c2nc(-c3ccc(N(C)S(=O)(=O)C(F)(F)F)cc3Cl)cs2)ccn1. The minimum atomic E-state index is -5.51. The quantitative estimate of drug-likeness (QED) is 0.454. The molecule has 0 bridgehead atoms. The van der Waals surface area contributed by atoms with E-state index in [9.17, 15) is 21.6 Å². The van der Waals surface area contributed by atoms with E-state index in [1.807, 2.05) is 12.1 Å². The van der Waals surface area contributed by atoms with Gasteiger partial charge in [-0.3, -0.25) is 9.29 Å². The van der Waals surface area contributed by atoms with Crippen molar-refractivity contribution in [3.05, 3.63) is 52.6 Å². The average molecular weight is 476 g/mol. The Labute approximate surface area is 181 Å². The van der Waals surface area contributed by atoms with Gasteiger partial charge in [-0.05, 0) is 36.8 Å². The van der Waals surface area contributed by atoms with Crippen LogP contribution in [0.4, 0.5) is 18.9 Å². The molecule has 3 aromatic rings. The van der Waals surface area contributed by atoms with Crippen LogP contribution in [0.25, 0.3) is 21.8 Å². The Kier molecular flexibility index (Phi) is 6.40. The second-order valence-corrected chi connectivity index (χ2v) is 9.63. The van der Waals surface area contributed by atoms with Crippen molar-refractivity contribution in [2.24, 2.45) is 0 Å². The molecule has 0 radical (unpaired) electrons. The van der Waals surface area contributed by atoms with Crippen LogP contribution in [0, 0.1) is 0 Å². The second kappa shape index (κ2) is 8.52. The van der Waals surface area contributed by atoms with Gasteiger partial charge in [0.1, 0.15) is 5.01 Å². The summed E-state index contributed by atoms with van der Waals surface area (Å²) in [5.41, 5.74) is -2.70. The van der Waals surface area contributed by atoms with Crippen molar-refractivity contribution in [2.75, 3.05) is 11.4 Å². The smallest absolute Gasteiger partial charge is 0.266 e. The van der Waals surface area contributed by atoms with Gasteiger partial charge in [0.05, 0.1) is 16.4 Å². The average Bonchev–Trinajstić information content (AvgIpc) is 3.17. The molecule has 1 aromatic carbocycles. The summed E-state index contributed by atoms with van der Waals surface area (Å²) in [5, 5.41) is 2.63. The van der Waals surface area contributed by atoms with Crippen LogP contribution in [-0.4, -0.2) is 30.9 Å². The lowest BCUT2D eigenvalue weighted by atomic mass is 10.1. The minimum absolute atomic E-state index is 0.0926. The van der Waals surface area contributed by atoms with Gasteiger partial charge in [-0.15, -0.1) is 11.3 Å². The van der Waals surface area contributed by atoms with E-state index in [-0.39, 0.29) is 15.0 Å². The number of benzene rings is 1. The molecular formula is C19H17ClF3N3O2S2. The molecule has 0 aliphatic heterocycles. The molecule has 2 aromatic heterocycles. The number of sulfonamides is 1. The number of nitrogens with zero attached hydrogens (tertiary/aromatic N) is 3. The summed E-state index contributed by atoms with van der Waals surface area (Å²) >= 11 is 7.64. The van der Waals surface area contributed by atoms with Crippen LogP contribution >= 0.6 is 22.9 Å². The van der Waals surface area contributed by atoms with E-state index in [1.54, 1.807) is 11.6 Å². The topological polar surface area (TPSA) is 63.2 Å². The van der Waals surface area contributed by atoms with Crippen LogP contribution < -0.4 is 4.31 Å². The number of hydrogen-bond acceptors (Lipinski definition) is 5. The van der Waals surface area contributed by atoms with Gasteiger partial charge in [-0.1, -0.05) is 24.9 Å². The zero-order valence-electron chi connectivity index (χ0n) is 15.9. The van der Waals surface area contributed by atoms with Crippen molar-refractivity contribution in [3.63, 3.8) is 0 Å². The van der Waals surface area contributed by atoms with Crippen molar-refractivity contribution >= 4 is 38.6 Å². The first-order chi connectivity index (χ1) is 14.0. The molecular weight excluding hydrogens is 459 g/mol. The molecule has 11 heteroatoms. The highest BCUT2D eigenvalue weighted by atomic mass is 35.5. The predicted octanol–water partition coefficient (Wildman–Crippen LogP) is 5.76. The Hall–Kier alpha value is -2.17. The highest BCUT2D eigenvalue weighted by molar-refractivity contribution is 7.93. The molecule has 0 aliphatic carbocycles. The molecule has 0 unspecified atom stereocenters. The van der Waals surface area contributed by atoms with Crippen molar-refractivity contribution in [1.82, 2.24) is 9.97 Å². The molecule has 2 heterocycles. The first-order valence-electron chi connectivity index (χ1n) is 8.80. The van der Waals surface area contributed by atoms with E-state index in [2.05, 4.69) is 16.9 Å². The normalized spacial score (nSPS) is 12.2. The maximum atomic E-state index is 12.8. The third kappa shape index (κ3) is 4.45. The summed E-state index contributed by atoms with van der Waals surface area (Å²) in [5.74, 6) is 0. The summed E-state index contributed by atoms with van der Waals surface area (Å²) < 4.78 is 61.7. The Balaban J connectivity index is 1.91. The summed E-state index contributed by atoms with van der Waals surface area (Å²) in [7, 11) is -4.68. The van der Waals surface area contributed by atoms with Crippen LogP contribution in [0.1, 0.15) is 19.0 Å². The van der Waals surface area contributed by atoms with Crippen molar-refractivity contribution in [3.8, 4) is 21.8 Å². The summed E-state index contributed by atoms with van der Waals surface area (Å²) in [6, 6.07) is 7.70. The molecule has 5 nitrogen and oxygen atoms in total. The van der Waals surface area contributed by atoms with Gasteiger partial charge in [-0.2, -0.15) is 21.6 Å². The number of rotatable bonds is 6. The molecule has 0 spiro atoms. The fourth-order valence-electron chi connectivity index (χ4n) is 2.74. The lowest BCUT2D eigenvalue weighted by Gasteiger charge is -2.21. The Bertz CT molecular complexity index is 1160. The van der Waals surface area contributed by atoms with Crippen LogP contribution in [0.15, 0.2) is 41.9 Å². The maximum absolute atomic E-state index is 12.8. The number of alkyl halides is 3. The van der Waals surface area contributed by atoms with Crippen molar-refractivity contribution in [2.45, 2.75) is 25.3 Å². The highest BCUT2D eigenvalue weighted by Crippen LogP contribution is 2.36. The molecule has 0 aliphatic rings. The van der Waals surface area contributed by atoms with Gasteiger partial charge >= 0.3 is 15.5 Å². The lowest BCUT2D eigenvalue weighted by molar-refractivity contribution is -0.0437. The minimum Gasteiger partial charge on any atom is -0.266 e. The van der Waals surface area contributed by atoms with Gasteiger partial charge in [0.2, 0.25) is 0 Å². The monoisotopic (exact) mass is 475 g/mol. The molecule has 0 saturated heterocycles. The van der Waals surface area contributed by atoms with E-state index < -0.39 is 15.5 Å². The highest BCUT2D eigenvalue weighted by Gasteiger charge is 2.49. The van der Waals surface area contributed by atoms with Gasteiger partial charge in [0.15, 0.2) is 0 Å². The van der Waals surface area contributed by atoms with E-state index >= 15 is 0 Å². The van der Waals surface area contributed by atoms with Crippen molar-refractivity contribution in [1.29, 1.82) is 0 Å². The number of anilines is 1. The van der Waals surface area contributed by atoms with Crippen LogP contribution in [0.3, 0.4) is 0 Å². The molecule has 30 heavy (non-hydrogen) atoms. The number of pyridine rings is 1. The predicted molar refractivity (Wildman–Crippen MR) is 113 cm³/mol. The summed E-state index contributed by atoms with van der Waals surface area (Å²) in [6.45, 7) is 2.07. The molecule has 0 amide bonds. The fourth-order valence-corrected chi connectivity index (χ4v) is 4.53. The van der Waals surface area contributed by atoms with Gasteiger partial charge < -0.3 is 0 Å². The van der Waals surface area contributed by atoms with Crippen LogP contribution in [0.5, 0.6) is 0 Å². The zero-order valence-corrected chi connectivity index (χ0v) is 18.3. The zero-order chi connectivity index (χ0) is 22.1. The lowest BCUT2D eigenvalue weighted by Crippen LogP contribution is -2.38. The maximum Gasteiger partial charge on any atom is 0.516 e. The number of hydrogen-bond donors (Lipinski definition) is 0. The standard InChI is InChI=1S/C19H17ClF3N3O2S2/c1-3-4-13-9-12(7-8-24-13)18-25-17(11-29-18)15-6-5-14(10-16(15)20)26(2)30(27,28)19(21,22)23/h5-11H,3-4H2,1-2H3. The molecule has 160 valence electrons. The second-order valence-electron chi connectivity index (χ2n) is 6.41. The Morgan fingerprint density at radius 1 is 1.20 bits per heavy atom. The van der Waals surface area contributed by atoms with E-state index in [0.29, 0.717) is 11.3 Å². The number of aryl methyl sites for hydroxylation is 1. The Morgan fingerprint density at radius 2 is 1.93 bits per heavy atom. The first-order valence-corrected chi connectivity index (χ1v) is 11.5. The van der Waals surface area contributed by atoms with E-state index in [4.69, 9.17) is 11.6 Å². The van der Waals surface area contributed by atoms with Gasteiger partial charge in [-0.25, -0.2) is 4.98 Å². The fraction of sp³-hybridized carbons (Fsp3) is 0.263. The largest absolute Gasteiger partial charge is 0.516 e. The molecule has 0 N–H and O–H groups in total. The van der Waals surface area contributed by atoms with Gasteiger partial charge in [0.25, 0.3) is 0 Å². The van der Waals surface area contributed by atoms with Crippen LogP contribution in [0.2, 0.25) is 5.02 Å². The summed E-state index contributed by atoms with van der Waals surface area (Å²) in [6.07, 6.45) is 3.55. The van der Waals surface area contributed by atoms with Crippen LogP contribution in [-0.2, 0) is 16.4 Å². The van der Waals surface area contributed by atoms with E-state index in [1.165, 1.54) is 29.5 Å². The third-order valence-corrected chi connectivity index (χ3v) is 7.04. The summed E-state index contributed by atoms with van der Waals surface area (Å²) in [4.78, 5) is 8.89. The third-order valence-electron chi connectivity index (χ3n) is 4.32. The number of thiazole rings is 1. The molecule has 3 rings (SSSR count). The van der Waals surface area contributed by atoms with E-state index in [0.717, 1.165) is 36.2 Å². The first kappa shape index (κ1) is 22.5. The molecule has 0 saturated carbocycles. The number of aromatic nitrogens is 2. The van der Waals surface area contributed by atoms with Gasteiger partial charge in [0, 0.05) is 35.4 Å². The number of halogens is 4. The molecule has 0 fully saturated rings. The van der Waals surface area contributed by atoms with Crippen molar-refractivity contribution < 1.29 is 21.6 Å².